The largest absolute Gasteiger partial charge is 0.385 e. The highest BCUT2D eigenvalue weighted by atomic mass is 16.5. The SMILES string of the molecule is COCCC1(CNC2CCCC(C3CC3)C2)CC1. The summed E-state index contributed by atoms with van der Waals surface area (Å²) in [6.07, 6.45) is 13.0. The Kier molecular flexibility index (Phi) is 3.95. The van der Waals surface area contributed by atoms with E-state index in [-0.39, 0.29) is 0 Å². The van der Waals surface area contributed by atoms with Gasteiger partial charge in [-0.15, -0.1) is 0 Å². The zero-order valence-corrected chi connectivity index (χ0v) is 11.9. The standard InChI is InChI=1S/C16H29NO/c1-18-10-9-16(7-8-16)12-17-15-4-2-3-14(11-15)13-5-6-13/h13-15,17H,2-12H2,1H3. The molecule has 3 rings (SSSR count). The van der Waals surface area contributed by atoms with Crippen molar-refractivity contribution in [3.8, 4) is 0 Å². The molecule has 3 saturated carbocycles. The van der Waals surface area contributed by atoms with E-state index in [0.29, 0.717) is 5.41 Å². The maximum Gasteiger partial charge on any atom is 0.0468 e. The van der Waals surface area contributed by atoms with E-state index in [0.717, 1.165) is 24.5 Å². The summed E-state index contributed by atoms with van der Waals surface area (Å²) in [6, 6.07) is 0.823. The van der Waals surface area contributed by atoms with Crippen molar-refractivity contribution >= 4 is 0 Å². The first-order valence-electron chi connectivity index (χ1n) is 8.04. The Morgan fingerprint density at radius 2 is 1.94 bits per heavy atom. The summed E-state index contributed by atoms with van der Waals surface area (Å²) in [5.41, 5.74) is 0.614. The minimum Gasteiger partial charge on any atom is -0.385 e. The maximum atomic E-state index is 5.24. The molecule has 2 nitrogen and oxygen atoms in total. The molecule has 2 unspecified atom stereocenters. The zero-order valence-electron chi connectivity index (χ0n) is 11.9. The Bertz CT molecular complexity index is 270. The molecule has 3 aliphatic rings. The van der Waals surface area contributed by atoms with Gasteiger partial charge in [-0.1, -0.05) is 12.8 Å². The van der Waals surface area contributed by atoms with Crippen LogP contribution in [0.1, 0.15) is 57.8 Å². The van der Waals surface area contributed by atoms with Gasteiger partial charge in [-0.05, 0) is 62.2 Å². The van der Waals surface area contributed by atoms with E-state index in [4.69, 9.17) is 4.74 Å². The molecule has 18 heavy (non-hydrogen) atoms. The lowest BCUT2D eigenvalue weighted by Gasteiger charge is -2.31. The first-order chi connectivity index (χ1) is 8.81. The summed E-state index contributed by atoms with van der Waals surface area (Å²) in [4.78, 5) is 0. The number of rotatable bonds is 7. The molecule has 0 bridgehead atoms. The number of ether oxygens (including phenoxy) is 1. The van der Waals surface area contributed by atoms with Gasteiger partial charge >= 0.3 is 0 Å². The second-order valence-corrected chi connectivity index (χ2v) is 7.08. The van der Waals surface area contributed by atoms with Crippen molar-refractivity contribution in [1.82, 2.24) is 5.32 Å². The average molecular weight is 251 g/mol. The molecule has 0 radical (unpaired) electrons. The number of hydrogen-bond acceptors (Lipinski definition) is 2. The van der Waals surface area contributed by atoms with Crippen molar-refractivity contribution in [2.24, 2.45) is 17.3 Å². The van der Waals surface area contributed by atoms with Crippen molar-refractivity contribution < 1.29 is 4.74 Å². The van der Waals surface area contributed by atoms with Crippen LogP contribution in [0, 0.1) is 17.3 Å². The third kappa shape index (κ3) is 3.27. The van der Waals surface area contributed by atoms with E-state index in [1.165, 1.54) is 64.3 Å². The van der Waals surface area contributed by atoms with Gasteiger partial charge in [-0.3, -0.25) is 0 Å². The third-order valence-electron chi connectivity index (χ3n) is 5.56. The fourth-order valence-corrected chi connectivity index (χ4v) is 3.78. The zero-order chi connectivity index (χ0) is 12.4. The first kappa shape index (κ1) is 12.9. The van der Waals surface area contributed by atoms with Crippen LogP contribution in [0.2, 0.25) is 0 Å². The Morgan fingerprint density at radius 1 is 1.11 bits per heavy atom. The van der Waals surface area contributed by atoms with E-state index in [9.17, 15) is 0 Å². The topological polar surface area (TPSA) is 21.3 Å². The molecule has 2 atom stereocenters. The molecule has 3 aliphatic carbocycles. The normalized spacial score (nSPS) is 34.5. The number of hydrogen-bond donors (Lipinski definition) is 1. The molecule has 0 aromatic heterocycles. The smallest absolute Gasteiger partial charge is 0.0468 e. The van der Waals surface area contributed by atoms with Gasteiger partial charge in [0.05, 0.1) is 0 Å². The molecule has 0 spiro atoms. The average Bonchev–Trinajstić information content (AvgIpc) is 3.29. The van der Waals surface area contributed by atoms with Crippen LogP contribution in [-0.4, -0.2) is 26.3 Å². The predicted molar refractivity (Wildman–Crippen MR) is 74.6 cm³/mol. The maximum absolute atomic E-state index is 5.24. The Labute approximate surface area is 112 Å². The lowest BCUT2D eigenvalue weighted by molar-refractivity contribution is 0.167. The molecule has 0 aromatic carbocycles. The quantitative estimate of drug-likeness (QED) is 0.749. The van der Waals surface area contributed by atoms with Crippen LogP contribution < -0.4 is 5.32 Å². The van der Waals surface area contributed by atoms with E-state index >= 15 is 0 Å². The van der Waals surface area contributed by atoms with Crippen LogP contribution in [0.5, 0.6) is 0 Å². The summed E-state index contributed by atoms with van der Waals surface area (Å²) in [5.74, 6) is 2.17. The van der Waals surface area contributed by atoms with Crippen LogP contribution in [0.3, 0.4) is 0 Å². The van der Waals surface area contributed by atoms with Crippen LogP contribution in [-0.2, 0) is 4.74 Å². The molecule has 2 heteroatoms. The van der Waals surface area contributed by atoms with Gasteiger partial charge in [0.2, 0.25) is 0 Å². The summed E-state index contributed by atoms with van der Waals surface area (Å²) >= 11 is 0. The van der Waals surface area contributed by atoms with Crippen molar-refractivity contribution in [1.29, 1.82) is 0 Å². The van der Waals surface area contributed by atoms with Gasteiger partial charge in [0, 0.05) is 26.3 Å². The number of nitrogens with one attached hydrogen (secondary N) is 1. The minimum atomic E-state index is 0.614. The minimum absolute atomic E-state index is 0.614. The Hall–Kier alpha value is -0.0800. The summed E-state index contributed by atoms with van der Waals surface area (Å²) < 4.78 is 5.24. The van der Waals surface area contributed by atoms with Gasteiger partial charge in [0.25, 0.3) is 0 Å². The van der Waals surface area contributed by atoms with Crippen LogP contribution in [0.15, 0.2) is 0 Å². The second kappa shape index (κ2) is 5.50. The second-order valence-electron chi connectivity index (χ2n) is 7.08. The third-order valence-corrected chi connectivity index (χ3v) is 5.56. The lowest BCUT2D eigenvalue weighted by atomic mass is 9.82. The van der Waals surface area contributed by atoms with Gasteiger partial charge in [-0.25, -0.2) is 0 Å². The molecule has 0 heterocycles. The van der Waals surface area contributed by atoms with E-state index in [2.05, 4.69) is 5.32 Å². The van der Waals surface area contributed by atoms with Gasteiger partial charge in [0.1, 0.15) is 0 Å². The molecule has 0 amide bonds. The molecule has 3 fully saturated rings. The Balaban J connectivity index is 1.39. The van der Waals surface area contributed by atoms with Crippen molar-refractivity contribution in [2.75, 3.05) is 20.3 Å². The van der Waals surface area contributed by atoms with Crippen molar-refractivity contribution in [3.63, 3.8) is 0 Å². The summed E-state index contributed by atoms with van der Waals surface area (Å²) in [7, 11) is 1.82. The fraction of sp³-hybridized carbons (Fsp3) is 1.00. The van der Waals surface area contributed by atoms with E-state index in [1.807, 2.05) is 7.11 Å². The molecular formula is C16H29NO. The molecular weight excluding hydrogens is 222 g/mol. The molecule has 0 aliphatic heterocycles. The highest BCUT2D eigenvalue weighted by molar-refractivity contribution is 4.96. The van der Waals surface area contributed by atoms with Crippen molar-refractivity contribution in [3.05, 3.63) is 0 Å². The number of methoxy groups -OCH3 is 1. The molecule has 104 valence electrons. The van der Waals surface area contributed by atoms with Crippen LogP contribution in [0.25, 0.3) is 0 Å². The predicted octanol–water partition coefficient (Wildman–Crippen LogP) is 3.36. The van der Waals surface area contributed by atoms with Gasteiger partial charge in [0.15, 0.2) is 0 Å². The van der Waals surface area contributed by atoms with E-state index in [1.54, 1.807) is 0 Å². The molecule has 0 aromatic rings. The van der Waals surface area contributed by atoms with Crippen LogP contribution >= 0.6 is 0 Å². The molecule has 0 saturated heterocycles. The fourth-order valence-electron chi connectivity index (χ4n) is 3.78. The van der Waals surface area contributed by atoms with E-state index < -0.39 is 0 Å². The summed E-state index contributed by atoms with van der Waals surface area (Å²) in [5, 5.41) is 3.89. The van der Waals surface area contributed by atoms with Gasteiger partial charge in [-0.2, -0.15) is 0 Å². The summed E-state index contributed by atoms with van der Waals surface area (Å²) in [6.45, 7) is 2.19. The highest BCUT2D eigenvalue weighted by Crippen LogP contribution is 2.49. The monoisotopic (exact) mass is 251 g/mol. The van der Waals surface area contributed by atoms with Crippen LogP contribution in [0.4, 0.5) is 0 Å². The highest BCUT2D eigenvalue weighted by Gasteiger charge is 2.42. The lowest BCUT2D eigenvalue weighted by Crippen LogP contribution is -2.38. The first-order valence-corrected chi connectivity index (χ1v) is 8.04. The molecule has 1 N–H and O–H groups in total. The van der Waals surface area contributed by atoms with Crippen molar-refractivity contribution in [2.45, 2.75) is 63.8 Å². The Morgan fingerprint density at radius 3 is 2.61 bits per heavy atom. The van der Waals surface area contributed by atoms with Gasteiger partial charge < -0.3 is 10.1 Å².